The van der Waals surface area contributed by atoms with Crippen molar-refractivity contribution in [2.45, 2.75) is 25.8 Å². The van der Waals surface area contributed by atoms with E-state index in [2.05, 4.69) is 5.32 Å². The number of halogens is 1. The lowest BCUT2D eigenvalue weighted by atomic mass is 10.0. The largest absolute Gasteiger partial charge is 0.478 e. The molecule has 0 fully saturated rings. The summed E-state index contributed by atoms with van der Waals surface area (Å²) in [6.45, 7) is 3.49. The molecule has 0 aliphatic carbocycles. The summed E-state index contributed by atoms with van der Waals surface area (Å²) >= 11 is 5.78. The molecule has 98 valence electrons. The van der Waals surface area contributed by atoms with Crippen LogP contribution in [0.2, 0.25) is 5.02 Å². The highest BCUT2D eigenvalue weighted by molar-refractivity contribution is 6.33. The van der Waals surface area contributed by atoms with Gasteiger partial charge in [-0.25, -0.2) is 4.79 Å². The fraction of sp³-hybridized carbons (Fsp3) is 0.333. The second kappa shape index (κ2) is 5.37. The number of carboxylic acids is 1. The number of benzene rings is 1. The van der Waals surface area contributed by atoms with Crippen LogP contribution in [0.3, 0.4) is 0 Å². The van der Waals surface area contributed by atoms with Crippen LogP contribution < -0.4 is 11.1 Å². The second-order valence-electron chi connectivity index (χ2n) is 4.71. The predicted octanol–water partition coefficient (Wildman–Crippen LogP) is 2.10. The molecule has 0 spiro atoms. The highest BCUT2D eigenvalue weighted by Gasteiger charge is 2.17. The maximum atomic E-state index is 11.6. The fourth-order valence-corrected chi connectivity index (χ4v) is 1.65. The number of carbonyl (C=O) groups excluding carboxylic acids is 1. The molecule has 0 aliphatic heterocycles. The maximum Gasteiger partial charge on any atom is 0.337 e. The van der Waals surface area contributed by atoms with E-state index in [0.29, 0.717) is 5.69 Å². The Kier molecular flexibility index (Phi) is 4.32. The number of aromatic carboxylic acids is 1. The van der Waals surface area contributed by atoms with E-state index in [4.69, 9.17) is 22.4 Å². The average molecular weight is 271 g/mol. The van der Waals surface area contributed by atoms with Gasteiger partial charge in [-0.3, -0.25) is 4.79 Å². The lowest BCUT2D eigenvalue weighted by molar-refractivity contribution is -0.117. The normalized spacial score (nSPS) is 11.1. The van der Waals surface area contributed by atoms with Crippen molar-refractivity contribution in [2.24, 2.45) is 5.73 Å². The van der Waals surface area contributed by atoms with Crippen LogP contribution in [0.1, 0.15) is 30.6 Å². The SMILES string of the molecule is CC(C)(N)CC(=O)Nc1ccc(C(=O)O)c(Cl)c1. The van der Waals surface area contributed by atoms with Crippen LogP contribution in [-0.4, -0.2) is 22.5 Å². The first-order valence-corrected chi connectivity index (χ1v) is 5.68. The lowest BCUT2D eigenvalue weighted by Crippen LogP contribution is -2.36. The zero-order valence-electron chi connectivity index (χ0n) is 10.2. The minimum absolute atomic E-state index is 0.00572. The van der Waals surface area contributed by atoms with Gasteiger partial charge in [-0.15, -0.1) is 0 Å². The number of amides is 1. The molecule has 0 saturated heterocycles. The summed E-state index contributed by atoms with van der Waals surface area (Å²) in [6, 6.07) is 4.22. The molecule has 0 bridgehead atoms. The summed E-state index contributed by atoms with van der Waals surface area (Å²) in [5.41, 5.74) is 5.55. The fourth-order valence-electron chi connectivity index (χ4n) is 1.39. The smallest absolute Gasteiger partial charge is 0.337 e. The van der Waals surface area contributed by atoms with Gasteiger partial charge in [0, 0.05) is 17.6 Å². The van der Waals surface area contributed by atoms with Crippen LogP contribution in [0.15, 0.2) is 18.2 Å². The van der Waals surface area contributed by atoms with Crippen LogP contribution in [-0.2, 0) is 4.79 Å². The molecule has 1 aromatic carbocycles. The zero-order chi connectivity index (χ0) is 13.9. The van der Waals surface area contributed by atoms with Crippen LogP contribution in [0.25, 0.3) is 0 Å². The summed E-state index contributed by atoms with van der Waals surface area (Å²) in [4.78, 5) is 22.4. The molecule has 0 radical (unpaired) electrons. The Morgan fingerprint density at radius 3 is 2.50 bits per heavy atom. The van der Waals surface area contributed by atoms with E-state index in [1.807, 2.05) is 0 Å². The van der Waals surface area contributed by atoms with Gasteiger partial charge in [-0.05, 0) is 32.0 Å². The van der Waals surface area contributed by atoms with E-state index in [0.717, 1.165) is 0 Å². The molecule has 18 heavy (non-hydrogen) atoms. The first-order valence-electron chi connectivity index (χ1n) is 5.30. The lowest BCUT2D eigenvalue weighted by Gasteiger charge is -2.17. The van der Waals surface area contributed by atoms with Crippen molar-refractivity contribution in [1.29, 1.82) is 0 Å². The predicted molar refractivity (Wildman–Crippen MR) is 69.9 cm³/mol. The van der Waals surface area contributed by atoms with E-state index in [1.165, 1.54) is 18.2 Å². The number of hydrogen-bond donors (Lipinski definition) is 3. The molecule has 0 atom stereocenters. The molecule has 6 heteroatoms. The van der Waals surface area contributed by atoms with Gasteiger partial charge in [0.1, 0.15) is 0 Å². The Labute approximate surface area is 110 Å². The molecule has 4 N–H and O–H groups in total. The maximum absolute atomic E-state index is 11.6. The van der Waals surface area contributed by atoms with Crippen molar-refractivity contribution < 1.29 is 14.7 Å². The second-order valence-corrected chi connectivity index (χ2v) is 5.12. The number of carboxylic acid groups (broad SMARTS) is 1. The Morgan fingerprint density at radius 2 is 2.06 bits per heavy atom. The molecule has 0 unspecified atom stereocenters. The Morgan fingerprint density at radius 1 is 1.44 bits per heavy atom. The number of rotatable bonds is 4. The van der Waals surface area contributed by atoms with Gasteiger partial charge in [0.25, 0.3) is 0 Å². The van der Waals surface area contributed by atoms with E-state index in [-0.39, 0.29) is 22.9 Å². The summed E-state index contributed by atoms with van der Waals surface area (Å²) in [5.74, 6) is -1.36. The van der Waals surface area contributed by atoms with Gasteiger partial charge >= 0.3 is 5.97 Å². The number of nitrogens with one attached hydrogen (secondary N) is 1. The highest BCUT2D eigenvalue weighted by atomic mass is 35.5. The van der Waals surface area contributed by atoms with Crippen LogP contribution in [0.5, 0.6) is 0 Å². The van der Waals surface area contributed by atoms with Gasteiger partial charge < -0.3 is 16.2 Å². The molecule has 0 heterocycles. The standard InChI is InChI=1S/C12H15ClN2O3/c1-12(2,14)6-10(16)15-7-3-4-8(11(17)18)9(13)5-7/h3-5H,6,14H2,1-2H3,(H,15,16)(H,17,18). The summed E-state index contributed by atoms with van der Waals surface area (Å²) < 4.78 is 0. The number of hydrogen-bond acceptors (Lipinski definition) is 3. The minimum Gasteiger partial charge on any atom is -0.478 e. The van der Waals surface area contributed by atoms with Gasteiger partial charge in [-0.2, -0.15) is 0 Å². The molecule has 1 aromatic rings. The third-order valence-corrected chi connectivity index (χ3v) is 2.41. The Hall–Kier alpha value is -1.59. The molecular formula is C12H15ClN2O3. The molecule has 1 rings (SSSR count). The van der Waals surface area contributed by atoms with Gasteiger partial charge in [-0.1, -0.05) is 11.6 Å². The quantitative estimate of drug-likeness (QED) is 0.781. The first kappa shape index (κ1) is 14.5. The zero-order valence-corrected chi connectivity index (χ0v) is 10.9. The van der Waals surface area contributed by atoms with Crippen molar-refractivity contribution in [1.82, 2.24) is 0 Å². The Balaban J connectivity index is 2.78. The average Bonchev–Trinajstić information content (AvgIpc) is 2.13. The van der Waals surface area contributed by atoms with Gasteiger partial charge in [0.2, 0.25) is 5.91 Å². The summed E-state index contributed by atoms with van der Waals surface area (Å²) in [6.07, 6.45) is 0.158. The van der Waals surface area contributed by atoms with Crippen LogP contribution >= 0.6 is 11.6 Å². The van der Waals surface area contributed by atoms with E-state index in [1.54, 1.807) is 13.8 Å². The number of nitrogens with two attached hydrogens (primary N) is 1. The van der Waals surface area contributed by atoms with Crippen molar-refractivity contribution in [3.05, 3.63) is 28.8 Å². The van der Waals surface area contributed by atoms with Crippen LogP contribution in [0, 0.1) is 0 Å². The van der Waals surface area contributed by atoms with E-state index >= 15 is 0 Å². The van der Waals surface area contributed by atoms with Gasteiger partial charge in [0.15, 0.2) is 0 Å². The number of anilines is 1. The van der Waals surface area contributed by atoms with E-state index in [9.17, 15) is 9.59 Å². The Bertz CT molecular complexity index is 481. The van der Waals surface area contributed by atoms with E-state index < -0.39 is 11.5 Å². The third-order valence-electron chi connectivity index (χ3n) is 2.10. The molecule has 1 amide bonds. The first-order chi connectivity index (χ1) is 8.19. The molecule has 0 aliphatic rings. The molecular weight excluding hydrogens is 256 g/mol. The molecule has 5 nitrogen and oxygen atoms in total. The highest BCUT2D eigenvalue weighted by Crippen LogP contribution is 2.21. The van der Waals surface area contributed by atoms with Crippen molar-refractivity contribution >= 4 is 29.2 Å². The summed E-state index contributed by atoms with van der Waals surface area (Å²) in [7, 11) is 0. The topological polar surface area (TPSA) is 92.4 Å². The third kappa shape index (κ3) is 4.35. The summed E-state index contributed by atoms with van der Waals surface area (Å²) in [5, 5.41) is 11.5. The van der Waals surface area contributed by atoms with Crippen molar-refractivity contribution in [3.8, 4) is 0 Å². The van der Waals surface area contributed by atoms with Gasteiger partial charge in [0.05, 0.1) is 10.6 Å². The van der Waals surface area contributed by atoms with Crippen LogP contribution in [0.4, 0.5) is 5.69 Å². The van der Waals surface area contributed by atoms with Crippen molar-refractivity contribution in [3.63, 3.8) is 0 Å². The number of carbonyl (C=O) groups is 2. The monoisotopic (exact) mass is 270 g/mol. The molecule has 0 aromatic heterocycles. The van der Waals surface area contributed by atoms with Crippen molar-refractivity contribution in [2.75, 3.05) is 5.32 Å². The molecule has 0 saturated carbocycles. The minimum atomic E-state index is -1.11.